The summed E-state index contributed by atoms with van der Waals surface area (Å²) in [5, 5.41) is 4.71. The van der Waals surface area contributed by atoms with E-state index in [2.05, 4.69) is 52.7 Å². The van der Waals surface area contributed by atoms with Crippen molar-refractivity contribution in [1.82, 2.24) is 19.7 Å². The molecule has 25 heavy (non-hydrogen) atoms. The van der Waals surface area contributed by atoms with Crippen LogP contribution in [0.4, 0.5) is 0 Å². The maximum absolute atomic E-state index is 5.69. The largest absolute Gasteiger partial charge is 0.371 e. The minimum absolute atomic E-state index is 0.0642. The summed E-state index contributed by atoms with van der Waals surface area (Å²) in [7, 11) is 0. The Morgan fingerprint density at radius 2 is 1.88 bits per heavy atom. The van der Waals surface area contributed by atoms with Gasteiger partial charge in [-0.25, -0.2) is 9.67 Å². The average molecular weight is 448 g/mol. The molecule has 0 aliphatic heterocycles. The third-order valence-electron chi connectivity index (χ3n) is 3.83. The molecule has 0 aliphatic carbocycles. The second kappa shape index (κ2) is 8.05. The maximum Gasteiger partial charge on any atom is 0.176 e. The molecule has 130 valence electrons. The Balaban J connectivity index is 2.02. The zero-order valence-corrected chi connectivity index (χ0v) is 16.7. The van der Waals surface area contributed by atoms with Gasteiger partial charge < -0.3 is 4.74 Å². The molecule has 0 spiro atoms. The minimum atomic E-state index is 0.0642. The summed E-state index contributed by atoms with van der Waals surface area (Å²) in [5.74, 6) is 1.50. The van der Waals surface area contributed by atoms with Crippen LogP contribution in [0.15, 0.2) is 48.8 Å². The van der Waals surface area contributed by atoms with Gasteiger partial charge in [0.2, 0.25) is 0 Å². The molecule has 0 bridgehead atoms. The van der Waals surface area contributed by atoms with Gasteiger partial charge in [0, 0.05) is 21.5 Å². The van der Waals surface area contributed by atoms with Gasteiger partial charge in [-0.2, -0.15) is 5.10 Å². The zero-order chi connectivity index (χ0) is 17.8. The van der Waals surface area contributed by atoms with Crippen LogP contribution in [0.5, 0.6) is 0 Å². The van der Waals surface area contributed by atoms with Crippen LogP contribution >= 0.6 is 22.6 Å². The van der Waals surface area contributed by atoms with E-state index in [9.17, 15) is 0 Å². The number of hydrogen-bond acceptors (Lipinski definition) is 4. The summed E-state index contributed by atoms with van der Waals surface area (Å²) in [6, 6.07) is 12.4. The molecule has 0 radical (unpaired) electrons. The maximum atomic E-state index is 5.69. The highest BCUT2D eigenvalue weighted by atomic mass is 127. The first-order chi connectivity index (χ1) is 12.0. The van der Waals surface area contributed by atoms with E-state index in [-0.39, 0.29) is 12.1 Å². The summed E-state index contributed by atoms with van der Waals surface area (Å²) in [6.07, 6.45) is 3.79. The molecule has 2 aromatic heterocycles. The summed E-state index contributed by atoms with van der Waals surface area (Å²) in [6.45, 7) is 6.54. The first-order valence-corrected chi connectivity index (χ1v) is 9.35. The van der Waals surface area contributed by atoms with Crippen molar-refractivity contribution in [2.24, 2.45) is 0 Å². The standard InChI is InChI=1S/C19H21IN4O/c1-13(2)25-12-18-22-19(16-9-17(20)11-21-10-16)24(23-18)14(3)15-7-5-4-6-8-15/h4-11,13-14H,12H2,1-3H3. The fourth-order valence-electron chi connectivity index (χ4n) is 2.54. The molecule has 5 nitrogen and oxygen atoms in total. The Bertz CT molecular complexity index is 832. The quantitative estimate of drug-likeness (QED) is 0.522. The van der Waals surface area contributed by atoms with Crippen molar-refractivity contribution in [3.63, 3.8) is 0 Å². The van der Waals surface area contributed by atoms with E-state index >= 15 is 0 Å². The molecule has 0 amide bonds. The second-order valence-corrected chi connectivity index (χ2v) is 7.38. The van der Waals surface area contributed by atoms with Crippen LogP contribution < -0.4 is 0 Å². The molecule has 0 saturated heterocycles. The predicted octanol–water partition coefficient (Wildman–Crippen LogP) is 4.48. The number of nitrogens with zero attached hydrogens (tertiary/aromatic N) is 4. The van der Waals surface area contributed by atoms with Gasteiger partial charge in [-0.15, -0.1) is 0 Å². The lowest BCUT2D eigenvalue weighted by Gasteiger charge is -2.15. The predicted molar refractivity (Wildman–Crippen MR) is 106 cm³/mol. The van der Waals surface area contributed by atoms with Gasteiger partial charge in [-0.1, -0.05) is 30.3 Å². The molecule has 0 fully saturated rings. The van der Waals surface area contributed by atoms with Crippen molar-refractivity contribution in [3.8, 4) is 11.4 Å². The minimum Gasteiger partial charge on any atom is -0.371 e. The molecule has 1 unspecified atom stereocenters. The number of pyridine rings is 1. The van der Waals surface area contributed by atoms with Gasteiger partial charge in [0.05, 0.1) is 12.1 Å². The number of halogens is 1. The van der Waals surface area contributed by atoms with Crippen LogP contribution in [-0.2, 0) is 11.3 Å². The lowest BCUT2D eigenvalue weighted by atomic mass is 10.1. The highest BCUT2D eigenvalue weighted by Gasteiger charge is 2.18. The number of benzene rings is 1. The van der Waals surface area contributed by atoms with Crippen molar-refractivity contribution in [2.45, 2.75) is 39.5 Å². The monoisotopic (exact) mass is 448 g/mol. The van der Waals surface area contributed by atoms with E-state index in [1.54, 1.807) is 0 Å². The summed E-state index contributed by atoms with van der Waals surface area (Å²) < 4.78 is 8.71. The highest BCUT2D eigenvalue weighted by molar-refractivity contribution is 14.1. The van der Waals surface area contributed by atoms with Gasteiger partial charge in [0.25, 0.3) is 0 Å². The van der Waals surface area contributed by atoms with E-state index in [1.807, 2.05) is 49.1 Å². The summed E-state index contributed by atoms with van der Waals surface area (Å²) in [4.78, 5) is 9.02. The number of aromatic nitrogens is 4. The van der Waals surface area contributed by atoms with Crippen LogP contribution in [0.25, 0.3) is 11.4 Å². The third kappa shape index (κ3) is 4.43. The van der Waals surface area contributed by atoms with Gasteiger partial charge in [-0.3, -0.25) is 4.98 Å². The molecule has 3 aromatic rings. The second-order valence-electron chi connectivity index (χ2n) is 6.13. The Morgan fingerprint density at radius 1 is 1.12 bits per heavy atom. The molecule has 6 heteroatoms. The Morgan fingerprint density at radius 3 is 2.56 bits per heavy atom. The van der Waals surface area contributed by atoms with Crippen molar-refractivity contribution in [3.05, 3.63) is 63.7 Å². The molecule has 2 heterocycles. The highest BCUT2D eigenvalue weighted by Crippen LogP contribution is 2.25. The van der Waals surface area contributed by atoms with Crippen LogP contribution in [0.3, 0.4) is 0 Å². The van der Waals surface area contributed by atoms with Crippen molar-refractivity contribution in [2.75, 3.05) is 0 Å². The summed E-state index contributed by atoms with van der Waals surface area (Å²) in [5.41, 5.74) is 2.14. The van der Waals surface area contributed by atoms with Crippen LogP contribution in [0, 0.1) is 3.57 Å². The fourth-order valence-corrected chi connectivity index (χ4v) is 3.04. The lowest BCUT2D eigenvalue weighted by Crippen LogP contribution is -2.11. The number of hydrogen-bond donors (Lipinski definition) is 0. The molecule has 3 rings (SSSR count). The smallest absolute Gasteiger partial charge is 0.176 e. The molecular formula is C19H21IN4O. The Hall–Kier alpha value is -1.80. The number of ether oxygens (including phenoxy) is 1. The molecule has 0 saturated carbocycles. The van der Waals surface area contributed by atoms with Crippen molar-refractivity contribution < 1.29 is 4.74 Å². The van der Waals surface area contributed by atoms with Crippen LogP contribution in [-0.4, -0.2) is 25.9 Å². The molecular weight excluding hydrogens is 427 g/mol. The Labute approximate surface area is 161 Å². The third-order valence-corrected chi connectivity index (χ3v) is 4.42. The fraction of sp³-hybridized carbons (Fsp3) is 0.316. The normalized spacial score (nSPS) is 12.5. The van der Waals surface area contributed by atoms with E-state index in [4.69, 9.17) is 14.8 Å². The van der Waals surface area contributed by atoms with Gasteiger partial charge >= 0.3 is 0 Å². The average Bonchev–Trinajstić information content (AvgIpc) is 3.04. The van der Waals surface area contributed by atoms with Crippen molar-refractivity contribution >= 4 is 22.6 Å². The lowest BCUT2D eigenvalue weighted by molar-refractivity contribution is 0.0611. The SMILES string of the molecule is CC(C)OCc1nc(-c2cncc(I)c2)n(C(C)c2ccccc2)n1. The van der Waals surface area contributed by atoms with Crippen LogP contribution in [0.2, 0.25) is 0 Å². The van der Waals surface area contributed by atoms with Gasteiger partial charge in [0.15, 0.2) is 11.6 Å². The van der Waals surface area contributed by atoms with E-state index < -0.39 is 0 Å². The van der Waals surface area contributed by atoms with E-state index in [0.717, 1.165) is 15.0 Å². The molecule has 0 aliphatic rings. The topological polar surface area (TPSA) is 52.8 Å². The first-order valence-electron chi connectivity index (χ1n) is 8.27. The number of rotatable bonds is 6. The summed E-state index contributed by atoms with van der Waals surface area (Å²) >= 11 is 2.26. The Kier molecular flexibility index (Phi) is 5.80. The van der Waals surface area contributed by atoms with E-state index in [1.165, 1.54) is 5.56 Å². The van der Waals surface area contributed by atoms with E-state index in [0.29, 0.717) is 12.4 Å². The van der Waals surface area contributed by atoms with Crippen molar-refractivity contribution in [1.29, 1.82) is 0 Å². The molecule has 1 aromatic carbocycles. The van der Waals surface area contributed by atoms with Crippen LogP contribution in [0.1, 0.15) is 38.2 Å². The first kappa shape index (κ1) is 18.0. The molecule has 1 atom stereocenters. The molecule has 0 N–H and O–H groups in total. The van der Waals surface area contributed by atoms with Gasteiger partial charge in [0.1, 0.15) is 6.61 Å². The zero-order valence-electron chi connectivity index (χ0n) is 14.6. The van der Waals surface area contributed by atoms with Gasteiger partial charge in [-0.05, 0) is 55.0 Å².